The Labute approximate surface area is 122 Å². The molecule has 1 aromatic rings. The highest BCUT2D eigenvalue weighted by Crippen LogP contribution is 2.18. The molecule has 2 N–H and O–H groups in total. The number of hydrogen-bond donors (Lipinski definition) is 2. The molecule has 1 aliphatic heterocycles. The number of aliphatic hydroxyl groups is 1. The summed E-state index contributed by atoms with van der Waals surface area (Å²) in [4.78, 5) is 24.4. The average Bonchev–Trinajstić information content (AvgIpc) is 2.68. The Morgan fingerprint density at radius 2 is 1.90 bits per heavy atom. The lowest BCUT2D eigenvalue weighted by atomic mass is 10.0. The van der Waals surface area contributed by atoms with E-state index in [4.69, 9.17) is 9.84 Å². The fraction of sp³-hybridized carbons (Fsp3) is 0.467. The van der Waals surface area contributed by atoms with Crippen LogP contribution in [0.3, 0.4) is 0 Å². The quantitative estimate of drug-likeness (QED) is 0.881. The molecule has 1 amide bonds. The molecule has 0 radical (unpaired) electrons. The number of aliphatic carboxylic acids is 1. The van der Waals surface area contributed by atoms with Gasteiger partial charge in [0.15, 0.2) is 0 Å². The predicted molar refractivity (Wildman–Crippen MR) is 74.6 cm³/mol. The van der Waals surface area contributed by atoms with Gasteiger partial charge in [-0.1, -0.05) is 30.3 Å². The number of carboxylic acids is 1. The molecular weight excluding hydrogens is 274 g/mol. The first-order valence-electron chi connectivity index (χ1n) is 6.92. The van der Waals surface area contributed by atoms with Gasteiger partial charge in [-0.05, 0) is 18.4 Å². The third-order valence-corrected chi connectivity index (χ3v) is 3.53. The summed E-state index contributed by atoms with van der Waals surface area (Å²) in [5.41, 5.74) is 0.857. The number of hydrogen-bond acceptors (Lipinski definition) is 4. The van der Waals surface area contributed by atoms with Crippen LogP contribution < -0.4 is 0 Å². The van der Waals surface area contributed by atoms with Crippen molar-refractivity contribution in [2.45, 2.75) is 25.6 Å². The third kappa shape index (κ3) is 4.46. The number of likely N-dealkylation sites (tertiary alicyclic amines) is 1. The monoisotopic (exact) mass is 293 g/mol. The van der Waals surface area contributed by atoms with Gasteiger partial charge in [-0.3, -0.25) is 4.79 Å². The number of carboxylic acid groups (broad SMARTS) is 1. The van der Waals surface area contributed by atoms with Crippen molar-refractivity contribution in [3.63, 3.8) is 0 Å². The van der Waals surface area contributed by atoms with Crippen molar-refractivity contribution in [1.82, 2.24) is 4.90 Å². The highest BCUT2D eigenvalue weighted by molar-refractivity contribution is 5.73. The molecule has 1 fully saturated rings. The fourth-order valence-corrected chi connectivity index (χ4v) is 2.33. The van der Waals surface area contributed by atoms with E-state index in [-0.39, 0.29) is 19.7 Å². The second-order valence-electron chi connectivity index (χ2n) is 5.21. The predicted octanol–water partition coefficient (Wildman–Crippen LogP) is 1.48. The van der Waals surface area contributed by atoms with Gasteiger partial charge in [-0.15, -0.1) is 0 Å². The largest absolute Gasteiger partial charge is 0.481 e. The minimum atomic E-state index is -0.954. The van der Waals surface area contributed by atoms with Gasteiger partial charge in [0.2, 0.25) is 0 Å². The first-order chi connectivity index (χ1) is 10.1. The van der Waals surface area contributed by atoms with Crippen LogP contribution >= 0.6 is 0 Å². The number of benzene rings is 1. The molecule has 0 aliphatic carbocycles. The molecule has 21 heavy (non-hydrogen) atoms. The van der Waals surface area contributed by atoms with Crippen molar-refractivity contribution in [2.75, 3.05) is 13.1 Å². The minimum absolute atomic E-state index is 0.0695. The molecule has 1 aliphatic rings. The van der Waals surface area contributed by atoms with Crippen molar-refractivity contribution in [2.24, 2.45) is 5.92 Å². The second-order valence-corrected chi connectivity index (χ2v) is 5.21. The molecule has 6 heteroatoms. The molecule has 0 saturated carbocycles. The molecule has 0 bridgehead atoms. The van der Waals surface area contributed by atoms with Gasteiger partial charge in [-0.25, -0.2) is 4.79 Å². The molecule has 1 saturated heterocycles. The number of amides is 1. The lowest BCUT2D eigenvalue weighted by Crippen LogP contribution is -2.39. The van der Waals surface area contributed by atoms with E-state index in [0.29, 0.717) is 12.8 Å². The summed E-state index contributed by atoms with van der Waals surface area (Å²) in [5.74, 6) is -1.61. The van der Waals surface area contributed by atoms with E-state index in [2.05, 4.69) is 0 Å². The van der Waals surface area contributed by atoms with Gasteiger partial charge < -0.3 is 19.8 Å². The Hall–Kier alpha value is -2.08. The average molecular weight is 293 g/mol. The van der Waals surface area contributed by atoms with Gasteiger partial charge in [0.1, 0.15) is 6.61 Å². The minimum Gasteiger partial charge on any atom is -0.481 e. The Morgan fingerprint density at radius 1 is 1.19 bits per heavy atom. The van der Waals surface area contributed by atoms with Crippen molar-refractivity contribution in [1.29, 1.82) is 0 Å². The fourth-order valence-electron chi connectivity index (χ4n) is 2.33. The zero-order chi connectivity index (χ0) is 15.2. The van der Waals surface area contributed by atoms with Gasteiger partial charge in [0.25, 0.3) is 0 Å². The maximum atomic E-state index is 12.0. The molecular formula is C15H19NO5. The number of ether oxygens (including phenoxy) is 1. The summed E-state index contributed by atoms with van der Waals surface area (Å²) in [5, 5.41) is 18.8. The maximum absolute atomic E-state index is 12.0. The highest BCUT2D eigenvalue weighted by atomic mass is 16.6. The molecule has 1 heterocycles. The summed E-state index contributed by atoms with van der Waals surface area (Å²) in [6.45, 7) is 0.307. The van der Waals surface area contributed by atoms with E-state index in [1.165, 1.54) is 4.90 Å². The summed E-state index contributed by atoms with van der Waals surface area (Å²) < 4.78 is 5.18. The molecule has 1 aromatic carbocycles. The molecule has 6 nitrogen and oxygen atoms in total. The molecule has 0 unspecified atom stereocenters. The maximum Gasteiger partial charge on any atom is 0.410 e. The lowest BCUT2D eigenvalue weighted by molar-refractivity contribution is -0.142. The normalized spacial score (nSPS) is 22.4. The Kier molecular flexibility index (Phi) is 5.16. The summed E-state index contributed by atoms with van der Waals surface area (Å²) in [6, 6.07) is 9.24. The first kappa shape index (κ1) is 15.3. The number of rotatable bonds is 3. The van der Waals surface area contributed by atoms with Crippen LogP contribution in [0.15, 0.2) is 30.3 Å². The van der Waals surface area contributed by atoms with Crippen molar-refractivity contribution in [3.8, 4) is 0 Å². The van der Waals surface area contributed by atoms with Crippen molar-refractivity contribution < 1.29 is 24.5 Å². The zero-order valence-electron chi connectivity index (χ0n) is 11.6. The molecule has 2 rings (SSSR count). The van der Waals surface area contributed by atoms with Gasteiger partial charge in [0, 0.05) is 13.1 Å². The summed E-state index contributed by atoms with van der Waals surface area (Å²) in [6.07, 6.45) is -0.567. The number of aliphatic hydroxyl groups excluding tert-OH is 1. The Bertz CT molecular complexity index is 490. The highest BCUT2D eigenvalue weighted by Gasteiger charge is 2.30. The summed E-state index contributed by atoms with van der Waals surface area (Å²) in [7, 11) is 0. The van der Waals surface area contributed by atoms with Crippen LogP contribution in [0.2, 0.25) is 0 Å². The zero-order valence-corrected chi connectivity index (χ0v) is 11.6. The Balaban J connectivity index is 1.94. The summed E-state index contributed by atoms with van der Waals surface area (Å²) >= 11 is 0. The van der Waals surface area contributed by atoms with E-state index < -0.39 is 24.1 Å². The first-order valence-corrected chi connectivity index (χ1v) is 6.92. The molecule has 114 valence electrons. The van der Waals surface area contributed by atoms with E-state index in [9.17, 15) is 14.7 Å². The van der Waals surface area contributed by atoms with E-state index in [1.807, 2.05) is 30.3 Å². The number of β-amino-alcohol motifs (C(OH)–C–C–N with tert-alkyl or cyclic N) is 1. The van der Waals surface area contributed by atoms with Gasteiger partial charge >= 0.3 is 12.1 Å². The second kappa shape index (κ2) is 7.08. The third-order valence-electron chi connectivity index (χ3n) is 3.53. The lowest BCUT2D eigenvalue weighted by Gasteiger charge is -2.23. The van der Waals surface area contributed by atoms with E-state index in [0.717, 1.165) is 5.56 Å². The van der Waals surface area contributed by atoms with Crippen LogP contribution in [0, 0.1) is 5.92 Å². The van der Waals surface area contributed by atoms with Crippen LogP contribution in [0.1, 0.15) is 18.4 Å². The van der Waals surface area contributed by atoms with Gasteiger partial charge in [0.05, 0.1) is 12.0 Å². The van der Waals surface area contributed by atoms with Crippen LogP contribution in [0.25, 0.3) is 0 Å². The molecule has 0 spiro atoms. The SMILES string of the molecule is O=C(O)[C@H]1CC[C@@H](O)CN(C(=O)OCc2ccccc2)C1. The standard InChI is InChI=1S/C15H19NO5/c17-13-7-6-12(14(18)19)8-16(9-13)15(20)21-10-11-4-2-1-3-5-11/h1-5,12-13,17H,6-10H2,(H,18,19)/t12-,13+/m0/s1. The van der Waals surface area contributed by atoms with Crippen LogP contribution in [-0.2, 0) is 16.1 Å². The van der Waals surface area contributed by atoms with Crippen molar-refractivity contribution in [3.05, 3.63) is 35.9 Å². The van der Waals surface area contributed by atoms with Crippen LogP contribution in [-0.4, -0.2) is 46.4 Å². The van der Waals surface area contributed by atoms with E-state index in [1.54, 1.807) is 0 Å². The smallest absolute Gasteiger partial charge is 0.410 e. The van der Waals surface area contributed by atoms with Gasteiger partial charge in [-0.2, -0.15) is 0 Å². The van der Waals surface area contributed by atoms with Crippen LogP contribution in [0.4, 0.5) is 4.79 Å². The topological polar surface area (TPSA) is 87.1 Å². The molecule has 2 atom stereocenters. The number of nitrogens with zero attached hydrogens (tertiary/aromatic N) is 1. The van der Waals surface area contributed by atoms with Crippen molar-refractivity contribution >= 4 is 12.1 Å². The van der Waals surface area contributed by atoms with Crippen LogP contribution in [0.5, 0.6) is 0 Å². The Morgan fingerprint density at radius 3 is 2.57 bits per heavy atom. The van der Waals surface area contributed by atoms with E-state index >= 15 is 0 Å². The number of carbonyl (C=O) groups is 2. The number of carbonyl (C=O) groups excluding carboxylic acids is 1. The molecule has 0 aromatic heterocycles.